The minimum absolute atomic E-state index is 0.0755. The Hall–Kier alpha value is -3.70. The van der Waals surface area contributed by atoms with Crippen molar-refractivity contribution in [1.82, 2.24) is 14.8 Å². The van der Waals surface area contributed by atoms with Gasteiger partial charge in [0.25, 0.3) is 5.91 Å². The molecule has 8 heteroatoms. The summed E-state index contributed by atoms with van der Waals surface area (Å²) in [6.07, 6.45) is 1.92. The summed E-state index contributed by atoms with van der Waals surface area (Å²) >= 11 is 1.47. The number of aromatic nitrogens is 1. The van der Waals surface area contributed by atoms with Gasteiger partial charge in [-0.2, -0.15) is 5.26 Å². The van der Waals surface area contributed by atoms with Crippen molar-refractivity contribution in [1.29, 1.82) is 5.26 Å². The van der Waals surface area contributed by atoms with Crippen LogP contribution in [0.1, 0.15) is 32.7 Å². The third-order valence-electron chi connectivity index (χ3n) is 5.51. The highest BCUT2D eigenvalue weighted by Crippen LogP contribution is 2.28. The molecule has 0 radical (unpaired) electrons. The Kier molecular flexibility index (Phi) is 6.47. The topological polar surface area (TPSA) is 84.6 Å². The summed E-state index contributed by atoms with van der Waals surface area (Å²) in [7, 11) is 0. The van der Waals surface area contributed by atoms with Crippen LogP contribution in [0.2, 0.25) is 0 Å². The number of hydrogen-bond acceptors (Lipinski definition) is 5. The maximum atomic E-state index is 13.3. The van der Waals surface area contributed by atoms with E-state index >= 15 is 0 Å². The molecule has 3 aromatic rings. The zero-order valence-corrected chi connectivity index (χ0v) is 18.8. The molecular weight excluding hydrogens is 420 g/mol. The van der Waals surface area contributed by atoms with Crippen LogP contribution in [0.15, 0.2) is 65.0 Å². The van der Waals surface area contributed by atoms with Crippen LogP contribution < -0.4 is 5.32 Å². The number of anilines is 1. The van der Waals surface area contributed by atoms with Gasteiger partial charge in [-0.3, -0.25) is 4.79 Å². The van der Waals surface area contributed by atoms with Gasteiger partial charge in [0, 0.05) is 30.7 Å². The van der Waals surface area contributed by atoms with Crippen molar-refractivity contribution in [2.75, 3.05) is 25.0 Å². The second-order valence-corrected chi connectivity index (χ2v) is 8.66. The Bertz CT molecular complexity index is 1170. The minimum atomic E-state index is -0.193. The molecule has 4 rings (SSSR count). The highest BCUT2D eigenvalue weighted by atomic mass is 32.1. The molecule has 2 aromatic carbocycles. The number of hydrogen-bond donors (Lipinski definition) is 1. The third-order valence-corrected chi connectivity index (χ3v) is 6.28. The first-order valence-electron chi connectivity index (χ1n) is 10.4. The number of benzene rings is 2. The molecule has 0 aliphatic carbocycles. The van der Waals surface area contributed by atoms with E-state index in [1.165, 1.54) is 11.3 Å². The van der Waals surface area contributed by atoms with Crippen molar-refractivity contribution in [3.63, 3.8) is 0 Å². The number of aliphatic imine (C=N–C) groups is 1. The number of carbonyl (C=O) groups excluding carboxylic acids is 1. The lowest BCUT2D eigenvalue weighted by molar-refractivity contribution is 0.0545. The van der Waals surface area contributed by atoms with Gasteiger partial charge in [-0.15, -0.1) is 16.3 Å². The molecule has 7 nitrogen and oxygen atoms in total. The Labute approximate surface area is 191 Å². The second kappa shape index (κ2) is 9.62. The van der Waals surface area contributed by atoms with Crippen molar-refractivity contribution in [3.8, 4) is 6.19 Å². The van der Waals surface area contributed by atoms with E-state index < -0.39 is 0 Å². The quantitative estimate of drug-likeness (QED) is 0.372. The Morgan fingerprint density at radius 1 is 1.16 bits per heavy atom. The summed E-state index contributed by atoms with van der Waals surface area (Å²) in [5.41, 5.74) is 3.47. The van der Waals surface area contributed by atoms with E-state index in [1.54, 1.807) is 0 Å². The van der Waals surface area contributed by atoms with E-state index in [9.17, 15) is 10.1 Å². The monoisotopic (exact) mass is 444 g/mol. The molecule has 1 amide bonds. The van der Waals surface area contributed by atoms with Crippen LogP contribution in [0.4, 0.5) is 5.69 Å². The van der Waals surface area contributed by atoms with Crippen molar-refractivity contribution in [2.24, 2.45) is 4.99 Å². The molecule has 1 unspecified atom stereocenters. The molecule has 1 fully saturated rings. The predicted octanol–water partition coefficient (Wildman–Crippen LogP) is 4.21. The molecule has 1 saturated heterocycles. The van der Waals surface area contributed by atoms with Gasteiger partial charge in [-0.1, -0.05) is 48.5 Å². The number of rotatable bonds is 3. The zero-order valence-electron chi connectivity index (χ0n) is 18.0. The van der Waals surface area contributed by atoms with Crippen LogP contribution in [0.25, 0.3) is 0 Å². The van der Waals surface area contributed by atoms with Gasteiger partial charge < -0.3 is 15.1 Å². The van der Waals surface area contributed by atoms with Gasteiger partial charge >= 0.3 is 0 Å². The molecule has 1 aliphatic rings. The molecule has 1 atom stereocenters. The first kappa shape index (κ1) is 21.5. The number of amides is 1. The van der Waals surface area contributed by atoms with Crippen LogP contribution in [-0.4, -0.2) is 46.3 Å². The van der Waals surface area contributed by atoms with Gasteiger partial charge in [0.05, 0.1) is 11.0 Å². The largest absolute Gasteiger partial charge is 0.338 e. The summed E-state index contributed by atoms with van der Waals surface area (Å²) in [6.45, 7) is 5.46. The number of piperazine rings is 1. The number of para-hydroxylation sites is 1. The van der Waals surface area contributed by atoms with Crippen molar-refractivity contribution < 1.29 is 4.79 Å². The molecule has 0 bridgehead atoms. The van der Waals surface area contributed by atoms with Crippen molar-refractivity contribution >= 4 is 28.9 Å². The first-order valence-corrected chi connectivity index (χ1v) is 11.3. The van der Waals surface area contributed by atoms with E-state index in [2.05, 4.69) is 15.3 Å². The zero-order chi connectivity index (χ0) is 22.5. The maximum absolute atomic E-state index is 13.3. The van der Waals surface area contributed by atoms with Crippen molar-refractivity contribution in [2.45, 2.75) is 19.9 Å². The average Bonchev–Trinajstić information content (AvgIpc) is 3.26. The maximum Gasteiger partial charge on any atom is 0.273 e. The smallest absolute Gasteiger partial charge is 0.273 e. The fourth-order valence-corrected chi connectivity index (χ4v) is 4.43. The Morgan fingerprint density at radius 2 is 1.91 bits per heavy atom. The summed E-state index contributed by atoms with van der Waals surface area (Å²) in [5.74, 6) is 0.410. The number of nitrogens with one attached hydrogen (secondary N) is 1. The van der Waals surface area contributed by atoms with Crippen LogP contribution >= 0.6 is 11.3 Å². The minimum Gasteiger partial charge on any atom is -0.338 e. The van der Waals surface area contributed by atoms with Gasteiger partial charge in [-0.05, 0) is 31.0 Å². The van der Waals surface area contributed by atoms with Gasteiger partial charge in [0.1, 0.15) is 5.69 Å². The summed E-state index contributed by atoms with van der Waals surface area (Å²) < 4.78 is 0. The van der Waals surface area contributed by atoms with Crippen LogP contribution in [0.3, 0.4) is 0 Å². The number of nitriles is 1. The number of nitrogens with zero attached hydrogens (tertiary/aromatic N) is 5. The molecule has 1 N–H and O–H groups in total. The molecule has 0 saturated carbocycles. The van der Waals surface area contributed by atoms with Gasteiger partial charge in [-0.25, -0.2) is 4.98 Å². The molecule has 162 valence electrons. The van der Waals surface area contributed by atoms with E-state index in [0.29, 0.717) is 31.3 Å². The Morgan fingerprint density at radius 3 is 2.59 bits per heavy atom. The summed E-state index contributed by atoms with van der Waals surface area (Å²) in [6, 6.07) is 17.6. The number of carbonyl (C=O) groups is 1. The fraction of sp³-hybridized carbons (Fsp3) is 0.250. The third kappa shape index (κ3) is 4.63. The van der Waals surface area contributed by atoms with Crippen LogP contribution in [0, 0.1) is 25.3 Å². The van der Waals surface area contributed by atoms with E-state index in [1.807, 2.05) is 89.8 Å². The molecule has 1 aromatic heterocycles. The van der Waals surface area contributed by atoms with E-state index in [-0.39, 0.29) is 11.9 Å². The van der Waals surface area contributed by atoms with Crippen LogP contribution in [-0.2, 0) is 0 Å². The number of guanidine groups is 1. The molecule has 2 heterocycles. The van der Waals surface area contributed by atoms with Crippen LogP contribution in [0.5, 0.6) is 0 Å². The van der Waals surface area contributed by atoms with Crippen molar-refractivity contribution in [3.05, 3.63) is 81.8 Å². The molecular formula is C24H24N6OS. The predicted molar refractivity (Wildman–Crippen MR) is 126 cm³/mol. The molecule has 0 spiro atoms. The molecule has 32 heavy (non-hydrogen) atoms. The lowest BCUT2D eigenvalue weighted by atomic mass is 10.0. The molecule has 1 aliphatic heterocycles. The standard InChI is InChI=1S/C24H24N6OS/c1-17-8-6-7-11-20(17)28-24(26-16-25)29-12-13-30(23(31)21-15-32-18(2)27-21)22(14-29)19-9-4-3-5-10-19/h3-11,15,22H,12-14H2,1-2H3,(H,26,28). The lowest BCUT2D eigenvalue weighted by Crippen LogP contribution is -2.53. The highest BCUT2D eigenvalue weighted by molar-refractivity contribution is 7.09. The lowest BCUT2D eigenvalue weighted by Gasteiger charge is -2.42. The highest BCUT2D eigenvalue weighted by Gasteiger charge is 2.34. The number of aryl methyl sites for hydroxylation is 2. The SMILES string of the molecule is Cc1nc(C(=O)N2CCN(/C(=N\C#N)Nc3ccccc3C)CC2c2ccccc2)cs1. The van der Waals surface area contributed by atoms with Gasteiger partial charge in [0.15, 0.2) is 0 Å². The second-order valence-electron chi connectivity index (χ2n) is 7.60. The summed E-state index contributed by atoms with van der Waals surface area (Å²) in [4.78, 5) is 25.7. The first-order chi connectivity index (χ1) is 15.6. The fourth-order valence-electron chi connectivity index (χ4n) is 3.85. The number of thiazole rings is 1. The van der Waals surface area contributed by atoms with E-state index in [4.69, 9.17) is 0 Å². The normalized spacial score (nSPS) is 16.5. The van der Waals surface area contributed by atoms with Gasteiger partial charge in [0.2, 0.25) is 12.2 Å². The average molecular weight is 445 g/mol. The summed E-state index contributed by atoms with van der Waals surface area (Å²) in [5, 5.41) is 15.3. The van der Waals surface area contributed by atoms with E-state index in [0.717, 1.165) is 21.8 Å². The Balaban J connectivity index is 1.62.